The summed E-state index contributed by atoms with van der Waals surface area (Å²) in [4.78, 5) is 14.0. The topological polar surface area (TPSA) is 98.8 Å². The molecule has 0 aliphatic heterocycles. The molecule has 3 rings (SSSR count). The maximum Gasteiger partial charge on any atom is 0.289 e. The highest BCUT2D eigenvalue weighted by Crippen LogP contribution is 2.35. The average molecular weight is 295 g/mol. The van der Waals surface area contributed by atoms with Gasteiger partial charge in [0, 0.05) is 12.1 Å². The zero-order valence-electron chi connectivity index (χ0n) is 10.4. The number of anilines is 1. The third-order valence-electron chi connectivity index (χ3n) is 3.04. The summed E-state index contributed by atoms with van der Waals surface area (Å²) in [6, 6.07) is 1.75. The van der Waals surface area contributed by atoms with Gasteiger partial charge in [0.2, 0.25) is 0 Å². The molecule has 2 aromatic heterocycles. The number of nitrogens with one attached hydrogen (secondary N) is 1. The minimum Gasteiger partial charge on any atom is -0.362 e. The lowest BCUT2D eigenvalue weighted by Crippen LogP contribution is -2.08. The number of hydrogen-bond donors (Lipinski definition) is 1. The van der Waals surface area contributed by atoms with Crippen molar-refractivity contribution in [1.29, 1.82) is 0 Å². The van der Waals surface area contributed by atoms with E-state index in [4.69, 9.17) is 11.6 Å². The molecule has 104 valence electrons. The Morgan fingerprint density at radius 1 is 1.55 bits per heavy atom. The van der Waals surface area contributed by atoms with Gasteiger partial charge < -0.3 is 9.88 Å². The molecule has 0 atom stereocenters. The smallest absolute Gasteiger partial charge is 0.289 e. The van der Waals surface area contributed by atoms with Crippen molar-refractivity contribution in [1.82, 2.24) is 19.7 Å². The summed E-state index contributed by atoms with van der Waals surface area (Å²) in [5, 5.41) is 21.7. The van der Waals surface area contributed by atoms with Gasteiger partial charge in [-0.2, -0.15) is 0 Å². The molecule has 0 aromatic carbocycles. The predicted molar refractivity (Wildman–Crippen MR) is 71.5 cm³/mol. The van der Waals surface area contributed by atoms with Gasteiger partial charge in [0.05, 0.1) is 16.5 Å². The van der Waals surface area contributed by atoms with Crippen LogP contribution < -0.4 is 5.32 Å². The highest BCUT2D eigenvalue weighted by atomic mass is 35.5. The van der Waals surface area contributed by atoms with Gasteiger partial charge in [-0.05, 0) is 12.8 Å². The van der Waals surface area contributed by atoms with Crippen molar-refractivity contribution < 1.29 is 4.92 Å². The van der Waals surface area contributed by atoms with Crippen molar-refractivity contribution in [3.05, 3.63) is 39.6 Å². The molecule has 2 aromatic rings. The molecule has 9 heteroatoms. The molecule has 1 saturated carbocycles. The summed E-state index contributed by atoms with van der Waals surface area (Å²) < 4.78 is 2.02. The molecule has 0 unspecified atom stereocenters. The highest BCUT2D eigenvalue weighted by Gasteiger charge is 2.26. The highest BCUT2D eigenvalue weighted by molar-refractivity contribution is 6.33. The van der Waals surface area contributed by atoms with Gasteiger partial charge in [0.1, 0.15) is 18.3 Å². The zero-order chi connectivity index (χ0) is 14.1. The van der Waals surface area contributed by atoms with Crippen LogP contribution in [0.25, 0.3) is 0 Å². The second-order valence-electron chi connectivity index (χ2n) is 4.52. The first-order valence-electron chi connectivity index (χ1n) is 6.07. The van der Waals surface area contributed by atoms with E-state index in [1.165, 1.54) is 12.3 Å². The van der Waals surface area contributed by atoms with E-state index in [2.05, 4.69) is 20.5 Å². The summed E-state index contributed by atoms with van der Waals surface area (Å²) in [6.45, 7) is 0.418. The van der Waals surface area contributed by atoms with E-state index in [0.717, 1.165) is 18.7 Å². The molecule has 1 aliphatic rings. The van der Waals surface area contributed by atoms with Crippen molar-refractivity contribution >= 4 is 23.1 Å². The molecule has 2 heterocycles. The lowest BCUT2D eigenvalue weighted by atomic mass is 10.4. The van der Waals surface area contributed by atoms with Crippen LogP contribution in [0.3, 0.4) is 0 Å². The van der Waals surface area contributed by atoms with Gasteiger partial charge >= 0.3 is 0 Å². The Morgan fingerprint density at radius 3 is 3.00 bits per heavy atom. The first-order valence-corrected chi connectivity index (χ1v) is 6.45. The number of halogens is 1. The van der Waals surface area contributed by atoms with Crippen molar-refractivity contribution in [2.45, 2.75) is 25.4 Å². The van der Waals surface area contributed by atoms with Gasteiger partial charge in [0.25, 0.3) is 5.69 Å². The number of rotatable bonds is 5. The van der Waals surface area contributed by atoms with E-state index in [-0.39, 0.29) is 10.7 Å². The van der Waals surface area contributed by atoms with Crippen LogP contribution in [-0.4, -0.2) is 24.7 Å². The molecule has 20 heavy (non-hydrogen) atoms. The monoisotopic (exact) mass is 294 g/mol. The predicted octanol–water partition coefficient (Wildman–Crippen LogP) is 2.18. The van der Waals surface area contributed by atoms with Crippen molar-refractivity contribution in [3.8, 4) is 0 Å². The Kier molecular flexibility index (Phi) is 3.23. The fourth-order valence-corrected chi connectivity index (χ4v) is 2.10. The van der Waals surface area contributed by atoms with E-state index >= 15 is 0 Å². The maximum absolute atomic E-state index is 10.6. The Bertz CT molecular complexity index is 654. The number of pyridine rings is 1. The third-order valence-corrected chi connectivity index (χ3v) is 3.33. The molecular formula is C11H11ClN6O2. The minimum absolute atomic E-state index is 0.137. The summed E-state index contributed by atoms with van der Waals surface area (Å²) >= 11 is 5.96. The van der Waals surface area contributed by atoms with E-state index in [1.54, 1.807) is 6.33 Å². The van der Waals surface area contributed by atoms with E-state index in [0.29, 0.717) is 18.4 Å². The number of aromatic nitrogens is 4. The number of hydrogen-bond acceptors (Lipinski definition) is 6. The molecule has 0 amide bonds. The fourth-order valence-electron chi connectivity index (χ4n) is 1.87. The first-order chi connectivity index (χ1) is 9.65. The molecule has 0 bridgehead atoms. The second kappa shape index (κ2) is 5.04. The van der Waals surface area contributed by atoms with Crippen LogP contribution in [0, 0.1) is 10.1 Å². The Morgan fingerprint density at radius 2 is 2.35 bits per heavy atom. The number of nitrogens with zero attached hydrogens (tertiary/aromatic N) is 5. The Balaban J connectivity index is 1.71. The van der Waals surface area contributed by atoms with E-state index in [1.807, 2.05) is 4.57 Å². The summed E-state index contributed by atoms with van der Waals surface area (Å²) in [7, 11) is 0. The van der Waals surface area contributed by atoms with Gasteiger partial charge in [-0.15, -0.1) is 10.2 Å². The molecule has 8 nitrogen and oxygen atoms in total. The SMILES string of the molecule is O=[N+]([O-])c1cnc(NCc2nncn2C2CC2)c(Cl)c1. The lowest BCUT2D eigenvalue weighted by Gasteiger charge is -2.08. The first kappa shape index (κ1) is 12.8. The van der Waals surface area contributed by atoms with Crippen LogP contribution in [0.2, 0.25) is 5.02 Å². The lowest BCUT2D eigenvalue weighted by molar-refractivity contribution is -0.385. The van der Waals surface area contributed by atoms with Crippen molar-refractivity contribution in [2.75, 3.05) is 5.32 Å². The molecule has 1 fully saturated rings. The third kappa shape index (κ3) is 2.55. The molecule has 1 N–H and O–H groups in total. The molecule has 0 spiro atoms. The van der Waals surface area contributed by atoms with Crippen LogP contribution in [0.1, 0.15) is 24.7 Å². The van der Waals surface area contributed by atoms with Crippen molar-refractivity contribution in [3.63, 3.8) is 0 Å². The largest absolute Gasteiger partial charge is 0.362 e. The average Bonchev–Trinajstić information content (AvgIpc) is 3.16. The van der Waals surface area contributed by atoms with Gasteiger partial charge in [-0.25, -0.2) is 4.98 Å². The molecule has 0 saturated heterocycles. The van der Waals surface area contributed by atoms with E-state index < -0.39 is 4.92 Å². The molecular weight excluding hydrogens is 284 g/mol. The quantitative estimate of drug-likeness (QED) is 0.670. The normalized spacial score (nSPS) is 14.2. The second-order valence-corrected chi connectivity index (χ2v) is 4.93. The zero-order valence-corrected chi connectivity index (χ0v) is 11.1. The Hall–Kier alpha value is -2.22. The van der Waals surface area contributed by atoms with Gasteiger partial charge in [0.15, 0.2) is 5.82 Å². The van der Waals surface area contributed by atoms with Crippen LogP contribution in [-0.2, 0) is 6.54 Å². The van der Waals surface area contributed by atoms with Gasteiger partial charge in [-0.1, -0.05) is 11.6 Å². The van der Waals surface area contributed by atoms with Crippen molar-refractivity contribution in [2.24, 2.45) is 0 Å². The van der Waals surface area contributed by atoms with Gasteiger partial charge in [-0.3, -0.25) is 10.1 Å². The molecule has 0 radical (unpaired) electrons. The van der Waals surface area contributed by atoms with Crippen LogP contribution >= 0.6 is 11.6 Å². The fraction of sp³-hybridized carbons (Fsp3) is 0.364. The maximum atomic E-state index is 10.6. The standard InChI is InChI=1S/C11H11ClN6O2/c12-9-3-8(18(19)20)4-13-11(9)14-5-10-16-15-6-17(10)7-1-2-7/h3-4,6-7H,1-2,5H2,(H,13,14). The van der Waals surface area contributed by atoms with Crippen LogP contribution in [0.4, 0.5) is 11.5 Å². The summed E-state index contributed by atoms with van der Waals surface area (Å²) in [5.41, 5.74) is -0.137. The Labute approximate surface area is 118 Å². The number of nitro groups is 1. The summed E-state index contributed by atoms with van der Waals surface area (Å²) in [5.74, 6) is 1.19. The minimum atomic E-state index is -0.535. The van der Waals surface area contributed by atoms with Crippen LogP contribution in [0.15, 0.2) is 18.6 Å². The summed E-state index contributed by atoms with van der Waals surface area (Å²) in [6.07, 6.45) is 5.16. The molecule has 1 aliphatic carbocycles. The van der Waals surface area contributed by atoms with Crippen LogP contribution in [0.5, 0.6) is 0 Å². The van der Waals surface area contributed by atoms with E-state index in [9.17, 15) is 10.1 Å².